The van der Waals surface area contributed by atoms with Gasteiger partial charge in [-0.15, -0.1) is 0 Å². The lowest BCUT2D eigenvalue weighted by Crippen LogP contribution is -2.48. The minimum atomic E-state index is -0.362. The van der Waals surface area contributed by atoms with Gasteiger partial charge in [-0.2, -0.15) is 0 Å². The number of carbonyl (C=O) groups is 1. The van der Waals surface area contributed by atoms with Crippen molar-refractivity contribution in [3.05, 3.63) is 59.8 Å². The van der Waals surface area contributed by atoms with E-state index in [1.807, 2.05) is 12.1 Å². The molecule has 164 valence electrons. The lowest BCUT2D eigenvalue weighted by molar-refractivity contribution is -0.00613. The molecule has 3 aromatic rings. The van der Waals surface area contributed by atoms with E-state index >= 15 is 0 Å². The van der Waals surface area contributed by atoms with Crippen LogP contribution in [0.2, 0.25) is 0 Å². The quantitative estimate of drug-likeness (QED) is 0.468. The highest BCUT2D eigenvalue weighted by atomic mass is 16.5. The van der Waals surface area contributed by atoms with Gasteiger partial charge >= 0.3 is 5.97 Å². The number of nitrogens with zero attached hydrogens (tertiary/aromatic N) is 1. The molecule has 4 bridgehead atoms. The minimum Gasteiger partial charge on any atom is -0.496 e. The Bertz CT molecular complexity index is 1180. The first-order valence-electron chi connectivity index (χ1n) is 11.7. The van der Waals surface area contributed by atoms with Crippen molar-refractivity contribution in [1.29, 1.82) is 0 Å². The van der Waals surface area contributed by atoms with E-state index in [1.165, 1.54) is 56.8 Å². The molecule has 0 atom stereocenters. The number of esters is 1. The first-order chi connectivity index (χ1) is 15.6. The van der Waals surface area contributed by atoms with Crippen molar-refractivity contribution < 1.29 is 14.3 Å². The summed E-state index contributed by atoms with van der Waals surface area (Å²) in [5.74, 6) is 3.35. The fourth-order valence-electron chi connectivity index (χ4n) is 7.27. The molecule has 4 saturated carbocycles. The van der Waals surface area contributed by atoms with Gasteiger partial charge in [-0.3, -0.25) is 4.98 Å². The lowest BCUT2D eigenvalue weighted by atomic mass is 9.48. The maximum atomic E-state index is 11.8. The number of fused-ring (bicyclic) bond motifs is 1. The second kappa shape index (κ2) is 7.33. The van der Waals surface area contributed by atoms with E-state index in [1.54, 1.807) is 13.3 Å². The predicted octanol–water partition coefficient (Wildman–Crippen LogP) is 6.16. The van der Waals surface area contributed by atoms with E-state index < -0.39 is 0 Å². The number of rotatable bonds is 4. The average molecular weight is 428 g/mol. The molecule has 1 aromatic heterocycles. The van der Waals surface area contributed by atoms with Crippen LogP contribution in [0.25, 0.3) is 22.0 Å². The van der Waals surface area contributed by atoms with Crippen molar-refractivity contribution in [2.75, 3.05) is 14.2 Å². The Hall–Kier alpha value is -2.88. The topological polar surface area (TPSA) is 48.4 Å². The van der Waals surface area contributed by atoms with Gasteiger partial charge in [0, 0.05) is 17.1 Å². The highest BCUT2D eigenvalue weighted by molar-refractivity contribution is 5.94. The molecular formula is C28H29NO3. The van der Waals surface area contributed by atoms with Crippen LogP contribution >= 0.6 is 0 Å². The van der Waals surface area contributed by atoms with Gasteiger partial charge < -0.3 is 9.47 Å². The largest absolute Gasteiger partial charge is 0.496 e. The summed E-state index contributed by atoms with van der Waals surface area (Å²) in [6, 6.07) is 14.8. The Kier molecular flexibility index (Phi) is 4.53. The van der Waals surface area contributed by atoms with Gasteiger partial charge in [-0.1, -0.05) is 18.2 Å². The number of benzene rings is 2. The monoisotopic (exact) mass is 427 g/mol. The van der Waals surface area contributed by atoms with Crippen LogP contribution in [0.1, 0.15) is 54.4 Å². The van der Waals surface area contributed by atoms with Crippen LogP contribution in [0, 0.1) is 17.8 Å². The van der Waals surface area contributed by atoms with Crippen molar-refractivity contribution in [2.45, 2.75) is 43.9 Å². The van der Waals surface area contributed by atoms with Crippen LogP contribution in [0.5, 0.6) is 5.75 Å². The van der Waals surface area contributed by atoms with Crippen molar-refractivity contribution >= 4 is 16.9 Å². The zero-order chi connectivity index (χ0) is 21.9. The van der Waals surface area contributed by atoms with E-state index in [0.717, 1.165) is 40.0 Å². The molecule has 4 aliphatic rings. The summed E-state index contributed by atoms with van der Waals surface area (Å²) in [6.45, 7) is 0. The van der Waals surface area contributed by atoms with Gasteiger partial charge in [0.2, 0.25) is 0 Å². The van der Waals surface area contributed by atoms with E-state index in [9.17, 15) is 4.79 Å². The molecule has 4 nitrogen and oxygen atoms in total. The highest BCUT2D eigenvalue weighted by Crippen LogP contribution is 2.62. The molecule has 0 aliphatic heterocycles. The molecule has 7 rings (SSSR count). The molecule has 2 aromatic carbocycles. The molecule has 0 amide bonds. The molecule has 4 heteroatoms. The summed E-state index contributed by atoms with van der Waals surface area (Å²) in [5, 5.41) is 0.937. The van der Waals surface area contributed by atoms with Crippen LogP contribution in [-0.2, 0) is 10.2 Å². The number of hydrogen-bond donors (Lipinski definition) is 0. The summed E-state index contributed by atoms with van der Waals surface area (Å²) in [7, 11) is 3.19. The summed E-state index contributed by atoms with van der Waals surface area (Å²) in [6.07, 6.45) is 9.84. The molecule has 32 heavy (non-hydrogen) atoms. The maximum Gasteiger partial charge on any atom is 0.339 e. The zero-order valence-electron chi connectivity index (χ0n) is 18.8. The van der Waals surface area contributed by atoms with E-state index in [2.05, 4.69) is 35.3 Å². The average Bonchev–Trinajstić information content (AvgIpc) is 2.81. The van der Waals surface area contributed by atoms with Gasteiger partial charge in [-0.05, 0) is 97.1 Å². The smallest absolute Gasteiger partial charge is 0.339 e. The fraction of sp³-hybridized carbons (Fsp3) is 0.429. The second-order valence-corrected chi connectivity index (χ2v) is 10.2. The lowest BCUT2D eigenvalue weighted by Gasteiger charge is -2.57. The third-order valence-corrected chi connectivity index (χ3v) is 8.25. The normalized spacial score (nSPS) is 28.1. The third kappa shape index (κ3) is 3.11. The zero-order valence-corrected chi connectivity index (χ0v) is 18.8. The number of ether oxygens (including phenoxy) is 2. The molecule has 0 radical (unpaired) electrons. The molecule has 0 saturated heterocycles. The number of pyridine rings is 1. The van der Waals surface area contributed by atoms with E-state index in [-0.39, 0.29) is 11.4 Å². The SMILES string of the molecule is COC(=O)c1cnc2cc(-c3ccc(OC)c(C45CC6CC(CC(C6)C4)C5)c3)ccc2c1. The van der Waals surface area contributed by atoms with E-state index in [0.29, 0.717) is 5.56 Å². The Morgan fingerprint density at radius 2 is 1.56 bits per heavy atom. The Morgan fingerprint density at radius 1 is 0.906 bits per heavy atom. The number of aromatic nitrogens is 1. The van der Waals surface area contributed by atoms with Gasteiger partial charge in [0.25, 0.3) is 0 Å². The molecule has 0 spiro atoms. The van der Waals surface area contributed by atoms with Crippen LogP contribution in [0.15, 0.2) is 48.7 Å². The van der Waals surface area contributed by atoms with Gasteiger partial charge in [0.05, 0.1) is 25.3 Å². The van der Waals surface area contributed by atoms with Crippen molar-refractivity contribution in [1.82, 2.24) is 4.98 Å². The predicted molar refractivity (Wildman–Crippen MR) is 125 cm³/mol. The number of methoxy groups -OCH3 is 2. The molecule has 0 N–H and O–H groups in total. The number of carbonyl (C=O) groups excluding carboxylic acids is 1. The summed E-state index contributed by atoms with van der Waals surface area (Å²) >= 11 is 0. The van der Waals surface area contributed by atoms with E-state index in [4.69, 9.17) is 9.47 Å². The first-order valence-corrected chi connectivity index (χ1v) is 11.7. The Morgan fingerprint density at radius 3 is 2.22 bits per heavy atom. The summed E-state index contributed by atoms with van der Waals surface area (Å²) < 4.78 is 10.7. The Labute approximate surface area is 189 Å². The van der Waals surface area contributed by atoms with Crippen LogP contribution in [0.3, 0.4) is 0 Å². The maximum absolute atomic E-state index is 11.8. The van der Waals surface area contributed by atoms with Gasteiger partial charge in [0.15, 0.2) is 0 Å². The molecular weight excluding hydrogens is 398 g/mol. The third-order valence-electron chi connectivity index (χ3n) is 8.25. The van der Waals surface area contributed by atoms with Crippen LogP contribution < -0.4 is 4.74 Å². The molecule has 1 heterocycles. The molecule has 4 fully saturated rings. The number of hydrogen-bond acceptors (Lipinski definition) is 4. The van der Waals surface area contributed by atoms with Gasteiger partial charge in [0.1, 0.15) is 5.75 Å². The summed E-state index contributed by atoms with van der Waals surface area (Å²) in [4.78, 5) is 16.4. The van der Waals surface area contributed by atoms with Crippen LogP contribution in [-0.4, -0.2) is 25.2 Å². The van der Waals surface area contributed by atoms with Crippen molar-refractivity contribution in [2.24, 2.45) is 17.8 Å². The minimum absolute atomic E-state index is 0.278. The standard InChI is InChI=1S/C28H29NO3/c1-31-26-6-5-20(11-24(26)28-13-17-7-18(14-28)9-19(8-17)15-28)21-3-4-22-10-23(27(30)32-2)16-29-25(22)12-21/h3-6,10-12,16-19H,7-9,13-15H2,1-2H3. The second-order valence-electron chi connectivity index (χ2n) is 10.2. The fourth-order valence-corrected chi connectivity index (χ4v) is 7.27. The molecule has 0 unspecified atom stereocenters. The van der Waals surface area contributed by atoms with Crippen LogP contribution in [0.4, 0.5) is 0 Å². The van der Waals surface area contributed by atoms with Gasteiger partial charge in [-0.25, -0.2) is 4.79 Å². The summed E-state index contributed by atoms with van der Waals surface area (Å²) in [5.41, 5.74) is 5.39. The molecule has 4 aliphatic carbocycles. The highest BCUT2D eigenvalue weighted by Gasteiger charge is 2.52. The van der Waals surface area contributed by atoms with Crippen molar-refractivity contribution in [3.63, 3.8) is 0 Å². The Balaban J connectivity index is 1.41. The first kappa shape index (κ1) is 19.8. The van der Waals surface area contributed by atoms with Crippen molar-refractivity contribution in [3.8, 4) is 16.9 Å².